The first-order valence-electron chi connectivity index (χ1n) is 3.99. The van der Waals surface area contributed by atoms with Crippen LogP contribution in [-0.4, -0.2) is 28.0 Å². The van der Waals surface area contributed by atoms with Gasteiger partial charge in [-0.2, -0.15) is 5.10 Å². The molecule has 0 aliphatic carbocycles. The number of nitrogens with zero attached hydrogens (tertiary/aromatic N) is 3. The predicted molar refractivity (Wildman–Crippen MR) is 48.6 cm³/mol. The standard InChI is InChI=1S/C8H8ClN3O/c9-6-4-8(13)12(5-6)7-2-1-3-10-11-7/h1-3,6H,4-5H2. The third-order valence-electron chi connectivity index (χ3n) is 1.91. The molecule has 4 nitrogen and oxygen atoms in total. The Morgan fingerprint density at radius 2 is 2.46 bits per heavy atom. The summed E-state index contributed by atoms with van der Waals surface area (Å²) in [5, 5.41) is 7.44. The second kappa shape index (κ2) is 3.30. The number of alkyl halides is 1. The number of amides is 1. The molecule has 0 aromatic carbocycles. The number of anilines is 1. The normalized spacial score (nSPS) is 22.4. The van der Waals surface area contributed by atoms with E-state index < -0.39 is 0 Å². The van der Waals surface area contributed by atoms with E-state index in [1.54, 1.807) is 23.2 Å². The first-order valence-corrected chi connectivity index (χ1v) is 4.43. The van der Waals surface area contributed by atoms with Crippen LogP contribution in [0.1, 0.15) is 6.42 Å². The van der Waals surface area contributed by atoms with Crippen molar-refractivity contribution in [2.24, 2.45) is 0 Å². The Labute approximate surface area is 80.5 Å². The van der Waals surface area contributed by atoms with Gasteiger partial charge < -0.3 is 0 Å². The monoisotopic (exact) mass is 197 g/mol. The summed E-state index contributed by atoms with van der Waals surface area (Å²) < 4.78 is 0. The molecule has 0 N–H and O–H groups in total. The van der Waals surface area contributed by atoms with Gasteiger partial charge in [0.25, 0.3) is 0 Å². The Morgan fingerprint density at radius 1 is 1.62 bits per heavy atom. The van der Waals surface area contributed by atoms with Gasteiger partial charge in [0.1, 0.15) is 0 Å². The van der Waals surface area contributed by atoms with Crippen molar-refractivity contribution >= 4 is 23.3 Å². The molecule has 1 aromatic rings. The zero-order valence-corrected chi connectivity index (χ0v) is 7.61. The van der Waals surface area contributed by atoms with Crippen molar-refractivity contribution in [1.29, 1.82) is 0 Å². The summed E-state index contributed by atoms with van der Waals surface area (Å²) in [4.78, 5) is 12.9. The molecular weight excluding hydrogens is 190 g/mol. The van der Waals surface area contributed by atoms with Crippen molar-refractivity contribution in [1.82, 2.24) is 10.2 Å². The number of hydrogen-bond acceptors (Lipinski definition) is 3. The molecule has 0 saturated carbocycles. The van der Waals surface area contributed by atoms with Crippen molar-refractivity contribution in [3.05, 3.63) is 18.3 Å². The highest BCUT2D eigenvalue weighted by Gasteiger charge is 2.29. The molecule has 1 aromatic heterocycles. The van der Waals surface area contributed by atoms with Crippen LogP contribution in [0.4, 0.5) is 5.82 Å². The van der Waals surface area contributed by atoms with E-state index >= 15 is 0 Å². The van der Waals surface area contributed by atoms with Crippen molar-refractivity contribution in [3.63, 3.8) is 0 Å². The topological polar surface area (TPSA) is 46.1 Å². The van der Waals surface area contributed by atoms with Crippen LogP contribution in [0, 0.1) is 0 Å². The molecule has 68 valence electrons. The number of halogens is 1. The van der Waals surface area contributed by atoms with Crippen LogP contribution in [0.5, 0.6) is 0 Å². The van der Waals surface area contributed by atoms with Crippen LogP contribution < -0.4 is 4.90 Å². The van der Waals surface area contributed by atoms with Gasteiger partial charge >= 0.3 is 0 Å². The first-order chi connectivity index (χ1) is 6.27. The molecule has 1 aliphatic heterocycles. The fourth-order valence-corrected chi connectivity index (χ4v) is 1.59. The van der Waals surface area contributed by atoms with E-state index in [1.807, 2.05) is 0 Å². The molecule has 1 unspecified atom stereocenters. The number of rotatable bonds is 1. The summed E-state index contributed by atoms with van der Waals surface area (Å²) in [6.07, 6.45) is 1.96. The SMILES string of the molecule is O=C1CC(Cl)CN1c1cccnn1. The predicted octanol–water partition coefficient (Wildman–Crippen LogP) is 0.821. The van der Waals surface area contributed by atoms with E-state index in [9.17, 15) is 4.79 Å². The quantitative estimate of drug-likeness (QED) is 0.627. The Hall–Kier alpha value is -1.16. The molecule has 1 amide bonds. The molecule has 2 heterocycles. The van der Waals surface area contributed by atoms with Gasteiger partial charge in [0, 0.05) is 19.2 Å². The molecule has 2 rings (SSSR count). The van der Waals surface area contributed by atoms with Crippen LogP contribution in [0.3, 0.4) is 0 Å². The molecule has 5 heteroatoms. The zero-order chi connectivity index (χ0) is 9.26. The summed E-state index contributed by atoms with van der Waals surface area (Å²) in [5.74, 6) is 0.594. The van der Waals surface area contributed by atoms with E-state index in [2.05, 4.69) is 10.2 Å². The number of hydrogen-bond donors (Lipinski definition) is 0. The average molecular weight is 198 g/mol. The van der Waals surface area contributed by atoms with Crippen molar-refractivity contribution < 1.29 is 4.79 Å². The van der Waals surface area contributed by atoms with Crippen molar-refractivity contribution in [2.75, 3.05) is 11.4 Å². The lowest BCUT2D eigenvalue weighted by Crippen LogP contribution is -2.25. The molecule has 1 fully saturated rings. The van der Waals surface area contributed by atoms with Gasteiger partial charge in [0.2, 0.25) is 5.91 Å². The maximum Gasteiger partial charge on any atom is 0.229 e. The largest absolute Gasteiger partial charge is 0.294 e. The molecular formula is C8H8ClN3O. The summed E-state index contributed by atoms with van der Waals surface area (Å²) >= 11 is 5.84. The van der Waals surface area contributed by atoms with Gasteiger partial charge in [-0.3, -0.25) is 9.69 Å². The Morgan fingerprint density at radius 3 is 3.00 bits per heavy atom. The van der Waals surface area contributed by atoms with Gasteiger partial charge in [-0.1, -0.05) is 0 Å². The van der Waals surface area contributed by atoms with E-state index in [4.69, 9.17) is 11.6 Å². The van der Waals surface area contributed by atoms with Crippen molar-refractivity contribution in [3.8, 4) is 0 Å². The molecule has 0 bridgehead atoms. The van der Waals surface area contributed by atoms with Crippen LogP contribution in [0.2, 0.25) is 0 Å². The van der Waals surface area contributed by atoms with Crippen LogP contribution in [-0.2, 0) is 4.79 Å². The lowest BCUT2D eigenvalue weighted by molar-refractivity contribution is -0.117. The maximum atomic E-state index is 11.4. The van der Waals surface area contributed by atoms with E-state index in [0.717, 1.165) is 0 Å². The molecule has 13 heavy (non-hydrogen) atoms. The van der Waals surface area contributed by atoms with E-state index in [0.29, 0.717) is 18.8 Å². The highest BCUT2D eigenvalue weighted by Crippen LogP contribution is 2.21. The molecule has 0 radical (unpaired) electrons. The highest BCUT2D eigenvalue weighted by molar-refractivity contribution is 6.24. The number of aromatic nitrogens is 2. The van der Waals surface area contributed by atoms with Gasteiger partial charge in [-0.15, -0.1) is 16.7 Å². The highest BCUT2D eigenvalue weighted by atomic mass is 35.5. The smallest absolute Gasteiger partial charge is 0.229 e. The van der Waals surface area contributed by atoms with Crippen LogP contribution in [0.15, 0.2) is 18.3 Å². The van der Waals surface area contributed by atoms with Gasteiger partial charge in [-0.25, -0.2) is 0 Å². The minimum absolute atomic E-state index is 0.0144. The molecule has 0 spiro atoms. The third-order valence-corrected chi connectivity index (χ3v) is 2.20. The van der Waals surface area contributed by atoms with E-state index in [1.165, 1.54) is 0 Å². The van der Waals surface area contributed by atoms with Crippen molar-refractivity contribution in [2.45, 2.75) is 11.8 Å². The third kappa shape index (κ3) is 1.62. The van der Waals surface area contributed by atoms with Gasteiger partial charge in [0.15, 0.2) is 5.82 Å². The Balaban J connectivity index is 2.23. The second-order valence-corrected chi connectivity index (χ2v) is 3.50. The van der Waals surface area contributed by atoms with Gasteiger partial charge in [0.05, 0.1) is 5.38 Å². The maximum absolute atomic E-state index is 11.4. The van der Waals surface area contributed by atoms with Crippen LogP contribution in [0.25, 0.3) is 0 Å². The Kier molecular flexibility index (Phi) is 2.14. The Bertz CT molecular complexity index is 316. The number of carbonyl (C=O) groups is 1. The lowest BCUT2D eigenvalue weighted by Gasteiger charge is -2.12. The summed E-state index contributed by atoms with van der Waals surface area (Å²) in [5.41, 5.74) is 0. The summed E-state index contributed by atoms with van der Waals surface area (Å²) in [6.45, 7) is 0.527. The number of carbonyl (C=O) groups excluding carboxylic acids is 1. The fourth-order valence-electron chi connectivity index (χ4n) is 1.32. The second-order valence-electron chi connectivity index (χ2n) is 2.89. The molecule has 1 saturated heterocycles. The fraction of sp³-hybridized carbons (Fsp3) is 0.375. The first kappa shape index (κ1) is 8.44. The minimum atomic E-state index is -0.102. The van der Waals surface area contributed by atoms with Crippen LogP contribution >= 0.6 is 11.6 Å². The summed E-state index contributed by atoms with van der Waals surface area (Å²) in [7, 11) is 0. The minimum Gasteiger partial charge on any atom is -0.294 e. The average Bonchev–Trinajstić information content (AvgIpc) is 2.47. The summed E-state index contributed by atoms with van der Waals surface area (Å²) in [6, 6.07) is 3.50. The van der Waals surface area contributed by atoms with E-state index in [-0.39, 0.29) is 11.3 Å². The zero-order valence-electron chi connectivity index (χ0n) is 6.85. The molecule has 1 aliphatic rings. The molecule has 1 atom stereocenters. The lowest BCUT2D eigenvalue weighted by atomic mass is 10.4. The van der Waals surface area contributed by atoms with Gasteiger partial charge in [-0.05, 0) is 12.1 Å².